The molecule has 34 heavy (non-hydrogen) atoms. The molecule has 1 aromatic heterocycles. The van der Waals surface area contributed by atoms with Crippen LogP contribution in [0.5, 0.6) is 0 Å². The zero-order valence-corrected chi connectivity index (χ0v) is 20.0. The number of hydrogen-bond donors (Lipinski definition) is 4. The first-order valence-corrected chi connectivity index (χ1v) is 11.6. The molecule has 1 aliphatic carbocycles. The summed E-state index contributed by atoms with van der Waals surface area (Å²) in [7, 11) is 0. The molecule has 1 fully saturated rings. The molecule has 1 aliphatic rings. The molecule has 0 aliphatic heterocycles. The lowest BCUT2D eigenvalue weighted by Gasteiger charge is -2.36. The quantitative estimate of drug-likeness (QED) is 0.341. The second-order valence-electron chi connectivity index (χ2n) is 9.08. The Bertz CT molecular complexity index is 1100. The highest BCUT2D eigenvalue weighted by atomic mass is 16.6. The molecule has 0 amide bonds. The summed E-state index contributed by atoms with van der Waals surface area (Å²) in [4.78, 5) is 17.3. The zero-order valence-electron chi connectivity index (χ0n) is 20.0. The molecule has 4 N–H and O–H groups in total. The first-order valence-electron chi connectivity index (χ1n) is 11.6. The molecule has 1 saturated carbocycles. The Labute approximate surface area is 200 Å². The Balaban J connectivity index is 0.000000751. The largest absolute Gasteiger partial charge is 0.503 e. The van der Waals surface area contributed by atoms with Gasteiger partial charge in [-0.15, -0.1) is 0 Å². The van der Waals surface area contributed by atoms with Gasteiger partial charge < -0.3 is 20.6 Å². The first kappa shape index (κ1) is 25.2. The highest BCUT2D eigenvalue weighted by molar-refractivity contribution is 5.71. The van der Waals surface area contributed by atoms with Crippen LogP contribution in [0.1, 0.15) is 55.8 Å². The number of rotatable bonds is 5. The standard InChI is InChI=1S/C26H31N3O.CH2O3/c1-18-15-21(17-24(16-18)29-25-27-14-13-19(2)28-25)20-9-11-23(12-10-20)26(3,30)22-7-5-4-6-8-22;2-1(3)4/h9-17,22,30H,4-8H2,1-3H3,(H,27,28,29);(H2,2,3,4)/t26-;/m0./s1. The third kappa shape index (κ3) is 6.78. The number of aromatic nitrogens is 2. The SMILES string of the molecule is Cc1cc(Nc2nccc(C)n2)cc(-c2ccc([C@@](C)(O)C3CCCCC3)cc2)c1.O=C(O)O. The van der Waals surface area contributed by atoms with Gasteiger partial charge in [0.2, 0.25) is 5.95 Å². The smallest absolute Gasteiger partial charge is 0.450 e. The van der Waals surface area contributed by atoms with Crippen LogP contribution in [0.4, 0.5) is 16.4 Å². The van der Waals surface area contributed by atoms with E-state index in [0.717, 1.165) is 40.9 Å². The van der Waals surface area contributed by atoms with Crippen LogP contribution in [-0.2, 0) is 5.60 Å². The highest BCUT2D eigenvalue weighted by Gasteiger charge is 2.34. The lowest BCUT2D eigenvalue weighted by molar-refractivity contribution is -0.0215. The normalized spacial score (nSPS) is 15.5. The van der Waals surface area contributed by atoms with Crippen LogP contribution in [0.2, 0.25) is 0 Å². The Morgan fingerprint density at radius 1 is 0.971 bits per heavy atom. The van der Waals surface area contributed by atoms with Gasteiger partial charge in [0.05, 0.1) is 5.60 Å². The third-order valence-electron chi connectivity index (χ3n) is 6.33. The van der Waals surface area contributed by atoms with Gasteiger partial charge in [-0.1, -0.05) is 49.6 Å². The highest BCUT2D eigenvalue weighted by Crippen LogP contribution is 2.39. The summed E-state index contributed by atoms with van der Waals surface area (Å²) in [6, 6.07) is 16.7. The summed E-state index contributed by atoms with van der Waals surface area (Å²) >= 11 is 0. The van der Waals surface area contributed by atoms with Crippen LogP contribution in [0.3, 0.4) is 0 Å². The third-order valence-corrected chi connectivity index (χ3v) is 6.33. The average molecular weight is 464 g/mol. The Morgan fingerprint density at radius 3 is 2.24 bits per heavy atom. The van der Waals surface area contributed by atoms with E-state index in [0.29, 0.717) is 11.9 Å². The molecule has 0 radical (unpaired) electrons. The molecule has 1 atom stereocenters. The summed E-state index contributed by atoms with van der Waals surface area (Å²) < 4.78 is 0. The van der Waals surface area contributed by atoms with Crippen molar-refractivity contribution in [2.45, 2.75) is 58.5 Å². The minimum absolute atomic E-state index is 0.348. The summed E-state index contributed by atoms with van der Waals surface area (Å²) in [5, 5.41) is 28.5. The molecule has 180 valence electrons. The maximum absolute atomic E-state index is 11.2. The van der Waals surface area contributed by atoms with Gasteiger partial charge in [-0.2, -0.15) is 0 Å². The average Bonchev–Trinajstić information content (AvgIpc) is 2.79. The van der Waals surface area contributed by atoms with Crippen LogP contribution < -0.4 is 5.32 Å². The van der Waals surface area contributed by atoms with Gasteiger partial charge in [-0.3, -0.25) is 0 Å². The van der Waals surface area contributed by atoms with Gasteiger partial charge in [-0.25, -0.2) is 14.8 Å². The van der Waals surface area contributed by atoms with Gasteiger partial charge in [-0.05, 0) is 80.0 Å². The summed E-state index contributed by atoms with van der Waals surface area (Å²) in [6.45, 7) is 6.03. The fraction of sp³-hybridized carbons (Fsp3) is 0.370. The monoisotopic (exact) mass is 463 g/mol. The second-order valence-corrected chi connectivity index (χ2v) is 9.08. The fourth-order valence-electron chi connectivity index (χ4n) is 4.56. The molecule has 4 rings (SSSR count). The number of aryl methyl sites for hydroxylation is 2. The van der Waals surface area contributed by atoms with Crippen molar-refractivity contribution >= 4 is 17.8 Å². The number of benzene rings is 2. The number of aliphatic hydroxyl groups is 1. The van der Waals surface area contributed by atoms with Crippen molar-refractivity contribution in [1.29, 1.82) is 0 Å². The summed E-state index contributed by atoms with van der Waals surface area (Å²) in [5.74, 6) is 0.951. The molecule has 3 aromatic rings. The van der Waals surface area contributed by atoms with Gasteiger partial charge in [0.25, 0.3) is 0 Å². The fourth-order valence-corrected chi connectivity index (χ4v) is 4.56. The van der Waals surface area contributed by atoms with E-state index in [2.05, 4.69) is 64.7 Å². The van der Waals surface area contributed by atoms with Gasteiger partial charge >= 0.3 is 6.16 Å². The molecule has 0 unspecified atom stereocenters. The lowest BCUT2D eigenvalue weighted by atomic mass is 9.74. The molecule has 0 spiro atoms. The van der Waals surface area contributed by atoms with E-state index in [4.69, 9.17) is 15.0 Å². The number of carboxylic acid groups (broad SMARTS) is 2. The first-order chi connectivity index (χ1) is 16.1. The zero-order chi connectivity index (χ0) is 24.7. The van der Waals surface area contributed by atoms with E-state index in [1.165, 1.54) is 24.8 Å². The van der Waals surface area contributed by atoms with Crippen LogP contribution in [0, 0.1) is 19.8 Å². The van der Waals surface area contributed by atoms with Crippen molar-refractivity contribution in [1.82, 2.24) is 9.97 Å². The van der Waals surface area contributed by atoms with Crippen LogP contribution in [-0.4, -0.2) is 31.4 Å². The topological polar surface area (TPSA) is 116 Å². The lowest BCUT2D eigenvalue weighted by Crippen LogP contribution is -2.33. The number of nitrogens with one attached hydrogen (secondary N) is 1. The molecule has 7 nitrogen and oxygen atoms in total. The predicted octanol–water partition coefficient (Wildman–Crippen LogP) is 6.51. The van der Waals surface area contributed by atoms with Crippen LogP contribution in [0.15, 0.2) is 54.7 Å². The van der Waals surface area contributed by atoms with Gasteiger partial charge in [0.15, 0.2) is 0 Å². The van der Waals surface area contributed by atoms with Crippen molar-refractivity contribution in [3.8, 4) is 11.1 Å². The van der Waals surface area contributed by atoms with E-state index in [1.54, 1.807) is 6.20 Å². The maximum atomic E-state index is 11.2. The molecule has 0 bridgehead atoms. The molecular weight excluding hydrogens is 430 g/mol. The minimum Gasteiger partial charge on any atom is -0.450 e. The van der Waals surface area contributed by atoms with Gasteiger partial charge in [0.1, 0.15) is 0 Å². The van der Waals surface area contributed by atoms with Crippen LogP contribution >= 0.6 is 0 Å². The molecule has 2 aromatic carbocycles. The molecular formula is C27H33N3O4. The van der Waals surface area contributed by atoms with E-state index in [1.807, 2.05) is 19.9 Å². The second kappa shape index (κ2) is 11.1. The van der Waals surface area contributed by atoms with Crippen LogP contribution in [0.25, 0.3) is 11.1 Å². The van der Waals surface area contributed by atoms with E-state index in [-0.39, 0.29) is 0 Å². The molecule has 0 saturated heterocycles. The number of hydrogen-bond acceptors (Lipinski definition) is 5. The summed E-state index contributed by atoms with van der Waals surface area (Å²) in [5.41, 5.74) is 5.58. The van der Waals surface area contributed by atoms with E-state index >= 15 is 0 Å². The number of nitrogens with zero attached hydrogens (tertiary/aromatic N) is 2. The predicted molar refractivity (Wildman–Crippen MR) is 133 cm³/mol. The molecule has 1 heterocycles. The van der Waals surface area contributed by atoms with E-state index < -0.39 is 11.8 Å². The number of anilines is 2. The number of carbonyl (C=O) groups is 1. The van der Waals surface area contributed by atoms with Crippen molar-refractivity contribution in [2.24, 2.45) is 5.92 Å². The molecule has 7 heteroatoms. The van der Waals surface area contributed by atoms with Crippen molar-refractivity contribution < 1.29 is 20.1 Å². The maximum Gasteiger partial charge on any atom is 0.503 e. The Kier molecular flexibility index (Phi) is 8.23. The Hall–Kier alpha value is -3.45. The van der Waals surface area contributed by atoms with Crippen molar-refractivity contribution in [2.75, 3.05) is 5.32 Å². The van der Waals surface area contributed by atoms with Gasteiger partial charge in [0, 0.05) is 17.6 Å². The summed E-state index contributed by atoms with van der Waals surface area (Å²) in [6.07, 6.45) is 5.90. The van der Waals surface area contributed by atoms with Crippen molar-refractivity contribution in [3.63, 3.8) is 0 Å². The van der Waals surface area contributed by atoms with Crippen molar-refractivity contribution in [3.05, 3.63) is 71.5 Å². The van der Waals surface area contributed by atoms with E-state index in [9.17, 15) is 5.11 Å². The Morgan fingerprint density at radius 2 is 1.62 bits per heavy atom. The minimum atomic E-state index is -1.83.